The fourth-order valence-electron chi connectivity index (χ4n) is 4.73. The second-order valence-corrected chi connectivity index (χ2v) is 8.84. The third-order valence-electron chi connectivity index (χ3n) is 6.56. The van der Waals surface area contributed by atoms with Gasteiger partial charge < -0.3 is 14.4 Å². The summed E-state index contributed by atoms with van der Waals surface area (Å²) >= 11 is 0. The van der Waals surface area contributed by atoms with E-state index in [9.17, 15) is 4.79 Å². The summed E-state index contributed by atoms with van der Waals surface area (Å²) in [6, 6.07) is 16.6. The molecule has 1 atom stereocenters. The topological polar surface area (TPSA) is 42.0 Å². The highest BCUT2D eigenvalue weighted by molar-refractivity contribution is 5.76. The summed E-state index contributed by atoms with van der Waals surface area (Å²) < 4.78 is 11.9. The highest BCUT2D eigenvalue weighted by Gasteiger charge is 2.43. The number of likely N-dealkylation sites (tertiary alicyclic amines) is 1. The first-order valence-corrected chi connectivity index (χ1v) is 10.8. The van der Waals surface area contributed by atoms with Gasteiger partial charge >= 0.3 is 0 Å². The molecule has 4 rings (SSSR count). The highest BCUT2D eigenvalue weighted by atomic mass is 16.5. The van der Waals surface area contributed by atoms with Crippen LogP contribution in [0.2, 0.25) is 0 Å². The van der Waals surface area contributed by atoms with E-state index in [0.29, 0.717) is 6.42 Å². The van der Waals surface area contributed by atoms with Gasteiger partial charge in [-0.3, -0.25) is 9.69 Å². The van der Waals surface area contributed by atoms with Crippen LogP contribution in [-0.2, 0) is 11.3 Å². The standard InChI is InChI=1S/C25H32N2O3/c1-26(2)24(28)16-20-17-25(30-23-7-5-4-6-22(20)23)12-14-27(15-13-25)18-19-8-10-21(29-3)11-9-19/h4-11,20H,12-18H2,1-3H3. The lowest BCUT2D eigenvalue weighted by molar-refractivity contribution is -0.129. The van der Waals surface area contributed by atoms with Crippen molar-refractivity contribution in [3.8, 4) is 11.5 Å². The molecule has 0 N–H and O–H groups in total. The number of carbonyl (C=O) groups excluding carboxylic acids is 1. The minimum atomic E-state index is -0.165. The van der Waals surface area contributed by atoms with Gasteiger partial charge in [0.05, 0.1) is 7.11 Å². The largest absolute Gasteiger partial charge is 0.497 e. The van der Waals surface area contributed by atoms with Gasteiger partial charge in [-0.25, -0.2) is 0 Å². The van der Waals surface area contributed by atoms with Crippen LogP contribution in [0.15, 0.2) is 48.5 Å². The predicted octanol–water partition coefficient (Wildman–Crippen LogP) is 4.07. The molecule has 0 aromatic heterocycles. The third-order valence-corrected chi connectivity index (χ3v) is 6.56. The van der Waals surface area contributed by atoms with Crippen LogP contribution in [0.5, 0.6) is 11.5 Å². The molecule has 1 fully saturated rings. The van der Waals surface area contributed by atoms with Gasteiger partial charge in [-0.15, -0.1) is 0 Å². The van der Waals surface area contributed by atoms with E-state index in [1.165, 1.54) is 11.1 Å². The summed E-state index contributed by atoms with van der Waals surface area (Å²) in [5, 5.41) is 0. The van der Waals surface area contributed by atoms with Gasteiger partial charge in [-0.1, -0.05) is 30.3 Å². The Morgan fingerprint density at radius 1 is 1.13 bits per heavy atom. The van der Waals surface area contributed by atoms with Crippen molar-refractivity contribution in [3.05, 3.63) is 59.7 Å². The van der Waals surface area contributed by atoms with E-state index in [2.05, 4.69) is 29.2 Å². The van der Waals surface area contributed by atoms with Gasteiger partial charge in [0.2, 0.25) is 5.91 Å². The van der Waals surface area contributed by atoms with Crippen LogP contribution in [-0.4, -0.2) is 55.6 Å². The molecule has 160 valence electrons. The molecule has 30 heavy (non-hydrogen) atoms. The highest BCUT2D eigenvalue weighted by Crippen LogP contribution is 2.46. The Bertz CT molecular complexity index is 870. The van der Waals surface area contributed by atoms with Crippen molar-refractivity contribution >= 4 is 5.91 Å². The fraction of sp³-hybridized carbons (Fsp3) is 0.480. The molecule has 1 saturated heterocycles. The summed E-state index contributed by atoms with van der Waals surface area (Å²) in [7, 11) is 5.36. The first kappa shape index (κ1) is 20.7. The molecule has 2 aliphatic rings. The minimum absolute atomic E-state index is 0.165. The zero-order valence-electron chi connectivity index (χ0n) is 18.3. The molecule has 5 nitrogen and oxygen atoms in total. The minimum Gasteiger partial charge on any atom is -0.497 e. The molecule has 2 heterocycles. The lowest BCUT2D eigenvalue weighted by Gasteiger charge is -2.47. The van der Waals surface area contributed by atoms with Crippen molar-refractivity contribution in [2.75, 3.05) is 34.3 Å². The molecule has 1 amide bonds. The summed E-state index contributed by atoms with van der Waals surface area (Å²) in [4.78, 5) is 16.7. The Hall–Kier alpha value is -2.53. The van der Waals surface area contributed by atoms with Crippen LogP contribution in [0.1, 0.15) is 42.7 Å². The second kappa shape index (κ2) is 8.68. The Balaban J connectivity index is 1.44. The van der Waals surface area contributed by atoms with Crippen molar-refractivity contribution < 1.29 is 14.3 Å². The van der Waals surface area contributed by atoms with Crippen LogP contribution in [0.25, 0.3) is 0 Å². The van der Waals surface area contributed by atoms with Crippen molar-refractivity contribution in [1.82, 2.24) is 9.80 Å². The molecule has 0 aliphatic carbocycles. The van der Waals surface area contributed by atoms with Gasteiger partial charge in [0.1, 0.15) is 17.1 Å². The smallest absolute Gasteiger partial charge is 0.222 e. The maximum absolute atomic E-state index is 12.5. The zero-order chi connectivity index (χ0) is 21.1. The van der Waals surface area contributed by atoms with E-state index in [1.807, 2.05) is 38.4 Å². The molecular formula is C25H32N2O3. The van der Waals surface area contributed by atoms with E-state index in [-0.39, 0.29) is 17.4 Å². The Kier molecular flexibility index (Phi) is 6.00. The Labute approximate surface area is 179 Å². The summed E-state index contributed by atoms with van der Waals surface area (Å²) in [6.45, 7) is 2.95. The number of carbonyl (C=O) groups is 1. The van der Waals surface area contributed by atoms with E-state index in [4.69, 9.17) is 9.47 Å². The van der Waals surface area contributed by atoms with Crippen LogP contribution in [0.3, 0.4) is 0 Å². The first-order valence-electron chi connectivity index (χ1n) is 10.8. The number of hydrogen-bond acceptors (Lipinski definition) is 4. The van der Waals surface area contributed by atoms with Gasteiger partial charge in [-0.05, 0) is 48.6 Å². The number of rotatable bonds is 5. The van der Waals surface area contributed by atoms with Crippen molar-refractivity contribution in [2.45, 2.75) is 43.7 Å². The predicted molar refractivity (Wildman–Crippen MR) is 118 cm³/mol. The molecule has 1 unspecified atom stereocenters. The summed E-state index contributed by atoms with van der Waals surface area (Å²) in [5.74, 6) is 2.26. The fourth-order valence-corrected chi connectivity index (χ4v) is 4.73. The van der Waals surface area contributed by atoms with Gasteiger partial charge in [0, 0.05) is 46.1 Å². The van der Waals surface area contributed by atoms with Crippen LogP contribution in [0, 0.1) is 0 Å². The molecule has 1 spiro atoms. The van der Waals surface area contributed by atoms with E-state index < -0.39 is 0 Å². The van der Waals surface area contributed by atoms with Crippen LogP contribution >= 0.6 is 0 Å². The Morgan fingerprint density at radius 3 is 2.50 bits per heavy atom. The first-order chi connectivity index (χ1) is 14.5. The zero-order valence-corrected chi connectivity index (χ0v) is 18.3. The van der Waals surface area contributed by atoms with Gasteiger partial charge in [0.15, 0.2) is 0 Å². The van der Waals surface area contributed by atoms with Crippen molar-refractivity contribution in [2.24, 2.45) is 0 Å². The van der Waals surface area contributed by atoms with Crippen LogP contribution in [0.4, 0.5) is 0 Å². The average Bonchev–Trinajstić information content (AvgIpc) is 2.76. The second-order valence-electron chi connectivity index (χ2n) is 8.84. The van der Waals surface area contributed by atoms with Crippen LogP contribution < -0.4 is 9.47 Å². The molecule has 0 saturated carbocycles. The maximum atomic E-state index is 12.5. The molecule has 5 heteroatoms. The lowest BCUT2D eigenvalue weighted by Crippen LogP contribution is -2.50. The number of para-hydroxylation sites is 1. The number of piperidine rings is 1. The van der Waals surface area contributed by atoms with E-state index >= 15 is 0 Å². The third kappa shape index (κ3) is 4.46. The Morgan fingerprint density at radius 2 is 1.83 bits per heavy atom. The number of benzene rings is 2. The monoisotopic (exact) mass is 408 g/mol. The molecule has 2 aromatic rings. The summed E-state index contributed by atoms with van der Waals surface area (Å²) in [6.07, 6.45) is 3.44. The average molecular weight is 409 g/mol. The maximum Gasteiger partial charge on any atom is 0.222 e. The number of fused-ring (bicyclic) bond motifs is 1. The molecular weight excluding hydrogens is 376 g/mol. The number of amides is 1. The summed E-state index contributed by atoms with van der Waals surface area (Å²) in [5.41, 5.74) is 2.32. The van der Waals surface area contributed by atoms with E-state index in [0.717, 1.165) is 50.4 Å². The number of ether oxygens (including phenoxy) is 2. The van der Waals surface area contributed by atoms with Crippen molar-refractivity contribution in [1.29, 1.82) is 0 Å². The quantitative estimate of drug-likeness (QED) is 0.748. The molecule has 2 aliphatic heterocycles. The molecule has 0 bridgehead atoms. The number of hydrogen-bond donors (Lipinski definition) is 0. The molecule has 2 aromatic carbocycles. The lowest BCUT2D eigenvalue weighted by atomic mass is 9.76. The van der Waals surface area contributed by atoms with Gasteiger partial charge in [-0.2, -0.15) is 0 Å². The van der Waals surface area contributed by atoms with Gasteiger partial charge in [0.25, 0.3) is 0 Å². The number of methoxy groups -OCH3 is 1. The molecule has 0 radical (unpaired) electrons. The van der Waals surface area contributed by atoms with Crippen molar-refractivity contribution in [3.63, 3.8) is 0 Å². The SMILES string of the molecule is COc1ccc(CN2CCC3(CC2)CC(CC(=O)N(C)C)c2ccccc2O3)cc1. The number of nitrogens with zero attached hydrogens (tertiary/aromatic N) is 2. The van der Waals surface area contributed by atoms with E-state index in [1.54, 1.807) is 12.0 Å². The normalized spacial score (nSPS) is 20.3.